The van der Waals surface area contributed by atoms with Gasteiger partial charge in [-0.05, 0) is 29.2 Å². The molecule has 0 spiro atoms. The van der Waals surface area contributed by atoms with Crippen LogP contribution in [-0.4, -0.2) is 55.5 Å². The van der Waals surface area contributed by atoms with Crippen LogP contribution in [0.15, 0.2) is 48.5 Å². The highest BCUT2D eigenvalue weighted by atomic mass is 16.5. The Morgan fingerprint density at radius 3 is 2.16 bits per heavy atom. The number of rotatable bonds is 9. The van der Waals surface area contributed by atoms with E-state index in [1.165, 1.54) is 7.11 Å². The molecule has 2 aromatic carbocycles. The van der Waals surface area contributed by atoms with Crippen LogP contribution in [0.3, 0.4) is 0 Å². The van der Waals surface area contributed by atoms with Crippen molar-refractivity contribution >= 4 is 18.0 Å². The van der Waals surface area contributed by atoms with Gasteiger partial charge in [0, 0.05) is 19.1 Å². The van der Waals surface area contributed by atoms with Crippen LogP contribution in [0.25, 0.3) is 11.1 Å². The predicted molar refractivity (Wildman–Crippen MR) is 114 cm³/mol. The zero-order valence-corrected chi connectivity index (χ0v) is 17.5. The first-order valence-corrected chi connectivity index (χ1v) is 10.0. The van der Waals surface area contributed by atoms with Crippen LogP contribution in [0.4, 0.5) is 4.79 Å². The summed E-state index contributed by atoms with van der Waals surface area (Å²) in [6.07, 6.45) is -1.82. The summed E-state index contributed by atoms with van der Waals surface area (Å²) >= 11 is 0. The maximum absolute atomic E-state index is 12.2. The Bertz CT molecular complexity index is 915. The highest BCUT2D eigenvalue weighted by molar-refractivity contribution is 5.83. The van der Waals surface area contributed by atoms with E-state index in [0.717, 1.165) is 22.3 Å². The molecule has 1 aliphatic carbocycles. The fourth-order valence-electron chi connectivity index (χ4n) is 3.76. The lowest BCUT2D eigenvalue weighted by Crippen LogP contribution is -2.47. The number of nitrogens with one attached hydrogen (secondary N) is 2. The Morgan fingerprint density at radius 1 is 1.03 bits per heavy atom. The van der Waals surface area contributed by atoms with Gasteiger partial charge in [0.2, 0.25) is 0 Å². The third-order valence-corrected chi connectivity index (χ3v) is 5.22. The van der Waals surface area contributed by atoms with Crippen LogP contribution < -0.4 is 10.6 Å². The molecule has 8 heteroatoms. The summed E-state index contributed by atoms with van der Waals surface area (Å²) in [5.74, 6) is -1.58. The summed E-state index contributed by atoms with van der Waals surface area (Å²) < 4.78 is 10.5. The molecule has 3 N–H and O–H groups in total. The normalized spacial score (nSPS) is 14.1. The molecule has 3 rings (SSSR count). The second kappa shape index (κ2) is 10.1. The minimum Gasteiger partial charge on any atom is -0.481 e. The number of carbonyl (C=O) groups is 3. The largest absolute Gasteiger partial charge is 0.481 e. The highest BCUT2D eigenvalue weighted by Crippen LogP contribution is 2.44. The third-order valence-electron chi connectivity index (χ3n) is 5.22. The van der Waals surface area contributed by atoms with Gasteiger partial charge in [-0.1, -0.05) is 48.5 Å². The van der Waals surface area contributed by atoms with E-state index in [4.69, 9.17) is 14.6 Å². The number of carbonyl (C=O) groups excluding carboxylic acids is 2. The Hall–Kier alpha value is -3.39. The molecular weight excluding hydrogens is 400 g/mol. The van der Waals surface area contributed by atoms with Crippen molar-refractivity contribution in [3.63, 3.8) is 0 Å². The maximum Gasteiger partial charge on any atom is 0.407 e. The zero-order chi connectivity index (χ0) is 22.4. The molecular formula is C23H26N2O6. The average Bonchev–Trinajstić information content (AvgIpc) is 3.06. The molecule has 0 heterocycles. The SMILES string of the molecule is COC(CNC(=O)OCC1c2ccccc2-c2ccccc21)C(=O)N[C@H](C)CC(=O)O. The molecule has 2 atom stereocenters. The van der Waals surface area contributed by atoms with Crippen molar-refractivity contribution in [2.45, 2.75) is 31.4 Å². The number of carboxylic acid groups (broad SMARTS) is 1. The van der Waals surface area contributed by atoms with E-state index in [1.807, 2.05) is 36.4 Å². The maximum atomic E-state index is 12.2. The van der Waals surface area contributed by atoms with Crippen molar-refractivity contribution in [3.05, 3.63) is 59.7 Å². The molecule has 0 radical (unpaired) electrons. The predicted octanol–water partition coefficient (Wildman–Crippen LogP) is 2.52. The van der Waals surface area contributed by atoms with Crippen molar-refractivity contribution in [3.8, 4) is 11.1 Å². The van der Waals surface area contributed by atoms with Crippen LogP contribution in [0.5, 0.6) is 0 Å². The fraction of sp³-hybridized carbons (Fsp3) is 0.348. The number of aliphatic carboxylic acids is 1. The van der Waals surface area contributed by atoms with Crippen LogP contribution in [0, 0.1) is 0 Å². The minimum atomic E-state index is -1.02. The number of fused-ring (bicyclic) bond motifs is 3. The van der Waals surface area contributed by atoms with E-state index in [9.17, 15) is 14.4 Å². The highest BCUT2D eigenvalue weighted by Gasteiger charge is 2.29. The number of benzene rings is 2. The number of alkyl carbamates (subject to hydrolysis) is 1. The van der Waals surface area contributed by atoms with Crippen molar-refractivity contribution in [1.29, 1.82) is 0 Å². The second-order valence-electron chi connectivity index (χ2n) is 7.44. The van der Waals surface area contributed by atoms with Crippen LogP contribution in [0.2, 0.25) is 0 Å². The first kappa shape index (κ1) is 22.3. The summed E-state index contributed by atoms with van der Waals surface area (Å²) in [4.78, 5) is 35.2. The van der Waals surface area contributed by atoms with Gasteiger partial charge in [-0.3, -0.25) is 9.59 Å². The van der Waals surface area contributed by atoms with Crippen LogP contribution in [0.1, 0.15) is 30.4 Å². The van der Waals surface area contributed by atoms with E-state index in [-0.39, 0.29) is 25.5 Å². The lowest BCUT2D eigenvalue weighted by atomic mass is 9.98. The molecule has 0 saturated carbocycles. The van der Waals surface area contributed by atoms with Gasteiger partial charge in [-0.25, -0.2) is 4.79 Å². The first-order valence-electron chi connectivity index (χ1n) is 10.0. The molecule has 0 saturated heterocycles. The van der Waals surface area contributed by atoms with Crippen molar-refractivity contribution < 1.29 is 29.0 Å². The molecule has 0 aliphatic heterocycles. The number of carboxylic acids is 1. The van der Waals surface area contributed by atoms with E-state index in [0.29, 0.717) is 0 Å². The Morgan fingerprint density at radius 2 is 1.61 bits per heavy atom. The topological polar surface area (TPSA) is 114 Å². The molecule has 31 heavy (non-hydrogen) atoms. The number of hydrogen-bond acceptors (Lipinski definition) is 5. The molecule has 1 unspecified atom stereocenters. The second-order valence-corrected chi connectivity index (χ2v) is 7.44. The van der Waals surface area contributed by atoms with Gasteiger partial charge in [-0.2, -0.15) is 0 Å². The van der Waals surface area contributed by atoms with E-state index in [2.05, 4.69) is 22.8 Å². The molecule has 0 aromatic heterocycles. The minimum absolute atomic E-state index is 0.0588. The summed E-state index contributed by atoms with van der Waals surface area (Å²) in [7, 11) is 1.34. The Balaban J connectivity index is 1.53. The van der Waals surface area contributed by atoms with Gasteiger partial charge in [0.05, 0.1) is 13.0 Å². The third kappa shape index (κ3) is 5.40. The van der Waals surface area contributed by atoms with Gasteiger partial charge < -0.3 is 25.2 Å². The quantitative estimate of drug-likeness (QED) is 0.568. The summed E-state index contributed by atoms with van der Waals surface area (Å²) in [6.45, 7) is 1.65. The molecule has 164 valence electrons. The Kier molecular flexibility index (Phi) is 7.25. The number of ether oxygens (including phenoxy) is 2. The molecule has 2 amide bonds. The lowest BCUT2D eigenvalue weighted by Gasteiger charge is -2.19. The van der Waals surface area contributed by atoms with Crippen LogP contribution in [-0.2, 0) is 19.1 Å². The van der Waals surface area contributed by atoms with Gasteiger partial charge in [0.1, 0.15) is 6.61 Å². The number of methoxy groups -OCH3 is 1. The molecule has 8 nitrogen and oxygen atoms in total. The van der Waals surface area contributed by atoms with Crippen molar-refractivity contribution in [2.75, 3.05) is 20.3 Å². The van der Waals surface area contributed by atoms with E-state index >= 15 is 0 Å². The molecule has 0 bridgehead atoms. The lowest BCUT2D eigenvalue weighted by molar-refractivity contribution is -0.138. The summed E-state index contributed by atoms with van der Waals surface area (Å²) in [6, 6.07) is 15.5. The average molecular weight is 426 g/mol. The van der Waals surface area contributed by atoms with Crippen LogP contribution >= 0.6 is 0 Å². The number of hydrogen-bond donors (Lipinski definition) is 3. The smallest absolute Gasteiger partial charge is 0.407 e. The van der Waals surface area contributed by atoms with Crippen molar-refractivity contribution in [1.82, 2.24) is 10.6 Å². The van der Waals surface area contributed by atoms with E-state index in [1.54, 1.807) is 6.92 Å². The summed E-state index contributed by atoms with van der Waals surface area (Å²) in [5.41, 5.74) is 4.49. The van der Waals surface area contributed by atoms with Gasteiger partial charge in [0.25, 0.3) is 5.91 Å². The molecule has 2 aromatic rings. The van der Waals surface area contributed by atoms with Crippen molar-refractivity contribution in [2.24, 2.45) is 0 Å². The molecule has 0 fully saturated rings. The Labute approximate surface area is 180 Å². The monoisotopic (exact) mass is 426 g/mol. The van der Waals surface area contributed by atoms with Gasteiger partial charge in [0.15, 0.2) is 6.10 Å². The summed E-state index contributed by atoms with van der Waals surface area (Å²) in [5, 5.41) is 13.9. The van der Waals surface area contributed by atoms with Gasteiger partial charge in [-0.15, -0.1) is 0 Å². The fourth-order valence-corrected chi connectivity index (χ4v) is 3.76. The zero-order valence-electron chi connectivity index (χ0n) is 17.5. The molecule has 1 aliphatic rings. The number of amides is 2. The van der Waals surface area contributed by atoms with Gasteiger partial charge >= 0.3 is 12.1 Å². The standard InChI is InChI=1S/C23H26N2O6/c1-14(11-21(26)27)25-22(28)20(30-2)12-24-23(29)31-13-19-17-9-5-3-7-15(17)16-8-4-6-10-18(16)19/h3-10,14,19-20H,11-13H2,1-2H3,(H,24,29)(H,25,28)(H,26,27)/t14-,20?/m1/s1. The first-order chi connectivity index (χ1) is 14.9. The van der Waals surface area contributed by atoms with E-state index < -0.39 is 30.1 Å².